The molecular formula is C31H42O4Si. The first-order valence-corrected chi connectivity index (χ1v) is 15.3. The average Bonchev–Trinajstić information content (AvgIpc) is 3.39. The molecule has 2 aliphatic carbocycles. The monoisotopic (exact) mass is 506 g/mol. The second-order valence-electron chi connectivity index (χ2n) is 11.6. The minimum Gasteiger partial charge on any atom is -0.469 e. The zero-order valence-corrected chi connectivity index (χ0v) is 23.3. The van der Waals surface area contributed by atoms with Crippen molar-refractivity contribution in [1.29, 1.82) is 0 Å². The van der Waals surface area contributed by atoms with E-state index in [4.69, 9.17) is 9.16 Å². The molecule has 36 heavy (non-hydrogen) atoms. The van der Waals surface area contributed by atoms with Crippen LogP contribution in [0.1, 0.15) is 59.3 Å². The van der Waals surface area contributed by atoms with E-state index in [0.29, 0.717) is 24.9 Å². The minimum absolute atomic E-state index is 0.0704. The van der Waals surface area contributed by atoms with Crippen molar-refractivity contribution < 1.29 is 19.1 Å². The lowest BCUT2D eigenvalue weighted by Crippen LogP contribution is -2.67. The number of carbonyl (C=O) groups excluding carboxylic acids is 1. The number of rotatable bonds is 9. The van der Waals surface area contributed by atoms with Crippen molar-refractivity contribution in [1.82, 2.24) is 0 Å². The van der Waals surface area contributed by atoms with Gasteiger partial charge in [-0.15, -0.1) is 0 Å². The first kappa shape index (κ1) is 26.8. The minimum atomic E-state index is -2.62. The van der Waals surface area contributed by atoms with Gasteiger partial charge in [0, 0.05) is 18.9 Å². The quantitative estimate of drug-likeness (QED) is 0.219. The largest absolute Gasteiger partial charge is 0.469 e. The van der Waals surface area contributed by atoms with Gasteiger partial charge >= 0.3 is 5.97 Å². The topological polar surface area (TPSA) is 55.8 Å². The summed E-state index contributed by atoms with van der Waals surface area (Å²) in [5.41, 5.74) is 1.48. The molecule has 4 atom stereocenters. The van der Waals surface area contributed by atoms with Crippen LogP contribution in [0.4, 0.5) is 0 Å². The summed E-state index contributed by atoms with van der Waals surface area (Å²) in [5, 5.41) is 13.6. The number of carbonyl (C=O) groups is 1. The van der Waals surface area contributed by atoms with Gasteiger partial charge in [-0.05, 0) is 59.4 Å². The predicted octanol–water partition coefficient (Wildman–Crippen LogP) is 5.24. The van der Waals surface area contributed by atoms with Crippen LogP contribution in [0, 0.1) is 17.8 Å². The lowest BCUT2D eigenvalue weighted by atomic mass is 9.92. The summed E-state index contributed by atoms with van der Waals surface area (Å²) in [6, 6.07) is 21.5. The van der Waals surface area contributed by atoms with E-state index in [9.17, 15) is 9.90 Å². The molecule has 0 bridgehead atoms. The Hall–Kier alpha value is -2.21. The van der Waals surface area contributed by atoms with Gasteiger partial charge in [-0.3, -0.25) is 4.79 Å². The first-order chi connectivity index (χ1) is 17.3. The fourth-order valence-corrected chi connectivity index (χ4v) is 11.2. The number of ether oxygens (including phenoxy) is 1. The Bertz CT molecular complexity index is 988. The van der Waals surface area contributed by atoms with E-state index >= 15 is 0 Å². The Morgan fingerprint density at radius 3 is 2.19 bits per heavy atom. The second-order valence-corrected chi connectivity index (χ2v) is 15.9. The Morgan fingerprint density at radius 1 is 1.03 bits per heavy atom. The Balaban J connectivity index is 1.53. The number of aliphatic hydroxyl groups is 1. The first-order valence-electron chi connectivity index (χ1n) is 13.4. The fourth-order valence-electron chi connectivity index (χ4n) is 6.61. The number of aliphatic hydroxyl groups excluding tert-OH is 1. The Morgan fingerprint density at radius 2 is 1.64 bits per heavy atom. The van der Waals surface area contributed by atoms with Gasteiger partial charge in [0.05, 0.1) is 13.2 Å². The second kappa shape index (κ2) is 11.5. The summed E-state index contributed by atoms with van der Waals surface area (Å²) < 4.78 is 12.0. The van der Waals surface area contributed by atoms with Gasteiger partial charge in [-0.25, -0.2) is 0 Å². The van der Waals surface area contributed by atoms with Gasteiger partial charge in [-0.1, -0.05) is 93.1 Å². The maximum absolute atomic E-state index is 11.4. The molecule has 0 spiro atoms. The number of allylic oxidation sites excluding steroid dienone is 2. The Labute approximate surface area is 217 Å². The maximum Gasteiger partial charge on any atom is 0.305 e. The molecule has 5 heteroatoms. The van der Waals surface area contributed by atoms with Crippen molar-refractivity contribution in [2.75, 3.05) is 13.7 Å². The SMILES string of the molecule is COC(=O)CCC/C=C1/C[C@H]2C[C@@H](O)[C@H](CO[Si](c3ccccc3)(c3ccccc3)C(C)(C)C)[C@H]2C1. The smallest absolute Gasteiger partial charge is 0.305 e. The van der Waals surface area contributed by atoms with Crippen LogP contribution in [0.15, 0.2) is 72.3 Å². The normalized spacial score (nSPS) is 25.2. The van der Waals surface area contributed by atoms with Gasteiger partial charge in [0.25, 0.3) is 8.32 Å². The highest BCUT2D eigenvalue weighted by atomic mass is 28.4. The third-order valence-electron chi connectivity index (χ3n) is 8.37. The van der Waals surface area contributed by atoms with Crippen LogP contribution in [0.3, 0.4) is 0 Å². The number of methoxy groups -OCH3 is 1. The summed E-state index contributed by atoms with van der Waals surface area (Å²) in [6.45, 7) is 7.50. The molecule has 0 unspecified atom stereocenters. The molecule has 0 heterocycles. The Kier molecular flexibility index (Phi) is 8.54. The molecule has 0 saturated heterocycles. The number of hydrogen-bond acceptors (Lipinski definition) is 4. The van der Waals surface area contributed by atoms with E-state index in [0.717, 1.165) is 32.1 Å². The van der Waals surface area contributed by atoms with Crippen LogP contribution in [0.2, 0.25) is 5.04 Å². The number of hydrogen-bond donors (Lipinski definition) is 1. The van der Waals surface area contributed by atoms with Crippen molar-refractivity contribution in [2.45, 2.75) is 70.4 Å². The van der Waals surface area contributed by atoms with E-state index in [-0.39, 0.29) is 23.0 Å². The number of unbranched alkanes of at least 4 members (excludes halogenated alkanes) is 1. The van der Waals surface area contributed by atoms with Gasteiger partial charge in [0.15, 0.2) is 0 Å². The molecule has 2 aliphatic rings. The van der Waals surface area contributed by atoms with E-state index in [1.807, 2.05) is 0 Å². The molecule has 0 aromatic heterocycles. The molecule has 2 saturated carbocycles. The lowest BCUT2D eigenvalue weighted by Gasteiger charge is -2.44. The van der Waals surface area contributed by atoms with Gasteiger partial charge in [0.1, 0.15) is 0 Å². The molecule has 0 amide bonds. The van der Waals surface area contributed by atoms with Crippen LogP contribution in [0.25, 0.3) is 0 Å². The fraction of sp³-hybridized carbons (Fsp3) is 0.516. The van der Waals surface area contributed by atoms with Crippen molar-refractivity contribution in [3.05, 3.63) is 72.3 Å². The van der Waals surface area contributed by atoms with Crippen molar-refractivity contribution in [3.63, 3.8) is 0 Å². The molecule has 4 nitrogen and oxygen atoms in total. The standard InChI is InChI=1S/C31H42O4Si/c1-31(2,3)36(25-14-7-5-8-15-25,26-16-9-6-10-17-26)35-22-28-27-20-23(19-24(27)21-29(28)32)13-11-12-18-30(33)34-4/h5-10,13-17,24,27-29,32H,11-12,18-22H2,1-4H3/b23-13-/t24-,27-,28+,29+/m0/s1. The lowest BCUT2D eigenvalue weighted by molar-refractivity contribution is -0.140. The van der Waals surface area contributed by atoms with Crippen LogP contribution in [-0.4, -0.2) is 39.2 Å². The maximum atomic E-state index is 11.4. The molecule has 0 aliphatic heterocycles. The van der Waals surface area contributed by atoms with Crippen molar-refractivity contribution >= 4 is 24.7 Å². The zero-order valence-electron chi connectivity index (χ0n) is 22.3. The van der Waals surface area contributed by atoms with Crippen LogP contribution in [0.5, 0.6) is 0 Å². The van der Waals surface area contributed by atoms with E-state index in [1.165, 1.54) is 23.1 Å². The molecular weight excluding hydrogens is 464 g/mol. The summed E-state index contributed by atoms with van der Waals surface area (Å²) in [7, 11) is -1.17. The summed E-state index contributed by atoms with van der Waals surface area (Å²) in [6.07, 6.45) is 7.20. The molecule has 2 aromatic rings. The van der Waals surface area contributed by atoms with E-state index in [2.05, 4.69) is 87.5 Å². The molecule has 1 N–H and O–H groups in total. The number of esters is 1. The van der Waals surface area contributed by atoms with E-state index < -0.39 is 8.32 Å². The molecule has 2 fully saturated rings. The predicted molar refractivity (Wildman–Crippen MR) is 148 cm³/mol. The van der Waals surface area contributed by atoms with Crippen molar-refractivity contribution in [3.8, 4) is 0 Å². The molecule has 4 rings (SSSR count). The number of fused-ring (bicyclic) bond motifs is 1. The highest BCUT2D eigenvalue weighted by Gasteiger charge is 2.52. The van der Waals surface area contributed by atoms with Crippen LogP contribution in [-0.2, 0) is 14.0 Å². The van der Waals surface area contributed by atoms with Gasteiger partial charge in [-0.2, -0.15) is 0 Å². The third kappa shape index (κ3) is 5.53. The molecule has 194 valence electrons. The average molecular weight is 507 g/mol. The van der Waals surface area contributed by atoms with Gasteiger partial charge in [0.2, 0.25) is 0 Å². The summed E-state index contributed by atoms with van der Waals surface area (Å²) in [5.74, 6) is 1.00. The van der Waals surface area contributed by atoms with Crippen LogP contribution < -0.4 is 10.4 Å². The van der Waals surface area contributed by atoms with Crippen LogP contribution >= 0.6 is 0 Å². The zero-order chi connectivity index (χ0) is 25.8. The highest BCUT2D eigenvalue weighted by Crippen LogP contribution is 2.50. The molecule has 0 radical (unpaired) electrons. The summed E-state index contributed by atoms with van der Waals surface area (Å²) >= 11 is 0. The summed E-state index contributed by atoms with van der Waals surface area (Å²) in [4.78, 5) is 11.4. The van der Waals surface area contributed by atoms with E-state index in [1.54, 1.807) is 0 Å². The van der Waals surface area contributed by atoms with Gasteiger partial charge < -0.3 is 14.3 Å². The number of benzene rings is 2. The third-order valence-corrected chi connectivity index (χ3v) is 13.4. The van der Waals surface area contributed by atoms with Crippen molar-refractivity contribution in [2.24, 2.45) is 17.8 Å². The highest BCUT2D eigenvalue weighted by molar-refractivity contribution is 6.99. The molecule has 2 aromatic carbocycles.